The summed E-state index contributed by atoms with van der Waals surface area (Å²) < 4.78 is 52.1. The summed E-state index contributed by atoms with van der Waals surface area (Å²) in [7, 11) is -4.50. The van der Waals surface area contributed by atoms with Gasteiger partial charge in [-0.3, -0.25) is 14.9 Å². The number of non-ortho nitro benzene ring substituents is 1. The van der Waals surface area contributed by atoms with E-state index in [1.165, 1.54) is 24.3 Å². The first-order valence-corrected chi connectivity index (χ1v) is 34.3. The molecule has 2 aliphatic rings. The highest BCUT2D eigenvalue weighted by Gasteiger charge is 2.51. The number of carbonyl (C=O) groups is 2. The predicted molar refractivity (Wildman–Crippen MR) is 288 cm³/mol. The van der Waals surface area contributed by atoms with Crippen molar-refractivity contribution in [1.29, 1.82) is 0 Å². The van der Waals surface area contributed by atoms with Crippen molar-refractivity contribution in [3.63, 3.8) is 0 Å². The van der Waals surface area contributed by atoms with Crippen molar-refractivity contribution in [3.05, 3.63) is 70.3 Å². The quantitative estimate of drug-likeness (QED) is 0.0120. The molecule has 1 aromatic carbocycles. The lowest BCUT2D eigenvalue weighted by molar-refractivity contribution is -0.384. The minimum atomic E-state index is -2.19. The van der Waals surface area contributed by atoms with Gasteiger partial charge < -0.3 is 37.0 Å². The first-order chi connectivity index (χ1) is 33.1. The number of nitrogens with zero attached hydrogens (tertiary/aromatic N) is 1. The summed E-state index contributed by atoms with van der Waals surface area (Å²) in [4.78, 5) is 38.3. The van der Waals surface area contributed by atoms with E-state index in [1.807, 2.05) is 32.9 Å². The van der Waals surface area contributed by atoms with Gasteiger partial charge in [-0.2, -0.15) is 0 Å². The van der Waals surface area contributed by atoms with Crippen LogP contribution >= 0.6 is 0 Å². The molecule has 0 bridgehead atoms. The Morgan fingerprint density at radius 1 is 0.914 bits per heavy atom. The Morgan fingerprint density at radius 3 is 2.00 bits per heavy atom. The smallest absolute Gasteiger partial charge is 0.457 e. The van der Waals surface area contributed by atoms with E-state index in [1.54, 1.807) is 13.2 Å². The second kappa shape index (κ2) is 27.9. The van der Waals surface area contributed by atoms with Crippen molar-refractivity contribution in [2.75, 3.05) is 7.11 Å². The standard InChI is InChI=1S/C54H93NO12Si3/c1-17-46(66-69(21-5,22-6)23-7)42(13)51-47(62-51)39-53(14,67-70(24-8,25-9)26-10)36-27-28-40(11)50-41(12)29-34-48(63-52(57)61-44-32-30-43(31-33-44)55(58)59)54(15,60-16)37-35-45(38-49(56)64-50)65-68(18-2,19-3)20-4/h27-34,36,41-42,45-48,50-51H,17-26,35,37-39H2,1-16H3/b34-29+,36-27+,40-28+. The van der Waals surface area contributed by atoms with Crippen LogP contribution in [0.1, 0.15) is 136 Å². The number of epoxide rings is 1. The Bertz CT molecular complexity index is 1860. The Morgan fingerprint density at radius 2 is 1.49 bits per heavy atom. The maximum absolute atomic E-state index is 14.1. The number of esters is 1. The van der Waals surface area contributed by atoms with Gasteiger partial charge in [0.25, 0.3) is 5.69 Å². The highest BCUT2D eigenvalue weighted by atomic mass is 28.4. The molecule has 13 nitrogen and oxygen atoms in total. The van der Waals surface area contributed by atoms with E-state index in [0.29, 0.717) is 12.8 Å². The van der Waals surface area contributed by atoms with Crippen LogP contribution in [0.25, 0.3) is 0 Å². The molecule has 0 saturated carbocycles. The van der Waals surface area contributed by atoms with Crippen LogP contribution in [0, 0.1) is 22.0 Å². The van der Waals surface area contributed by atoms with Crippen molar-refractivity contribution in [2.24, 2.45) is 11.8 Å². The zero-order valence-corrected chi connectivity index (χ0v) is 49.1. The molecule has 10 unspecified atom stereocenters. The number of carbonyl (C=O) groups excluding carboxylic acids is 2. The number of nitro groups is 1. The molecule has 2 aliphatic heterocycles. The Kier molecular flexibility index (Phi) is 24.5. The molecule has 398 valence electrons. The highest BCUT2D eigenvalue weighted by molar-refractivity contribution is 6.74. The molecule has 3 rings (SSSR count). The van der Waals surface area contributed by atoms with Crippen molar-refractivity contribution in [2.45, 2.75) is 238 Å². The summed E-state index contributed by atoms with van der Waals surface area (Å²) in [6.07, 6.45) is 9.76. The summed E-state index contributed by atoms with van der Waals surface area (Å²) in [5.74, 6) is -0.345. The molecule has 1 fully saturated rings. The van der Waals surface area contributed by atoms with Crippen LogP contribution in [-0.4, -0.2) is 96.9 Å². The number of cyclic esters (lactones) is 1. The molecule has 16 heteroatoms. The number of nitro benzene ring substituents is 1. The number of hydrogen-bond donors (Lipinski definition) is 0. The maximum Gasteiger partial charge on any atom is 0.514 e. The van der Waals surface area contributed by atoms with Gasteiger partial charge in [0.1, 0.15) is 17.5 Å². The molecular weight excluding hydrogens is 939 g/mol. The summed E-state index contributed by atoms with van der Waals surface area (Å²) in [5.41, 5.74) is -0.952. The molecule has 0 aliphatic carbocycles. The molecule has 0 radical (unpaired) electrons. The van der Waals surface area contributed by atoms with Crippen molar-refractivity contribution in [3.8, 4) is 5.75 Å². The van der Waals surface area contributed by atoms with Crippen LogP contribution in [0.4, 0.5) is 10.5 Å². The van der Waals surface area contributed by atoms with Crippen LogP contribution in [0.5, 0.6) is 5.75 Å². The van der Waals surface area contributed by atoms with Gasteiger partial charge in [-0.25, -0.2) is 4.79 Å². The first kappa shape index (κ1) is 61.3. The van der Waals surface area contributed by atoms with E-state index in [9.17, 15) is 19.7 Å². The van der Waals surface area contributed by atoms with Gasteiger partial charge in [-0.1, -0.05) is 107 Å². The summed E-state index contributed by atoms with van der Waals surface area (Å²) in [6, 6.07) is 14.3. The molecule has 0 N–H and O–H groups in total. The number of ether oxygens (including phenoxy) is 5. The summed E-state index contributed by atoms with van der Waals surface area (Å²) >= 11 is 0. The second-order valence-electron chi connectivity index (χ2n) is 20.5. The lowest BCUT2D eigenvalue weighted by Gasteiger charge is -2.39. The molecule has 0 spiro atoms. The molecule has 1 saturated heterocycles. The van der Waals surface area contributed by atoms with E-state index in [-0.39, 0.29) is 54.0 Å². The molecular formula is C54H93NO12Si3. The average Bonchev–Trinajstić information content (AvgIpc) is 4.12. The first-order valence-electron chi connectivity index (χ1n) is 26.7. The fraction of sp³-hybridized carbons (Fsp3) is 0.741. The molecule has 10 atom stereocenters. The highest BCUT2D eigenvalue weighted by Crippen LogP contribution is 2.43. The Balaban J connectivity index is 2.04. The van der Waals surface area contributed by atoms with Gasteiger partial charge in [-0.05, 0) is 118 Å². The van der Waals surface area contributed by atoms with Crippen LogP contribution in [0.15, 0.2) is 60.2 Å². The number of allylic oxidation sites excluding steroid dienone is 2. The fourth-order valence-electron chi connectivity index (χ4n) is 10.3. The van der Waals surface area contributed by atoms with Crippen LogP contribution in [-0.2, 0) is 37.0 Å². The largest absolute Gasteiger partial charge is 0.514 e. The predicted octanol–water partition coefficient (Wildman–Crippen LogP) is 14.4. The second-order valence-corrected chi connectivity index (χ2v) is 34.6. The van der Waals surface area contributed by atoms with E-state index in [2.05, 4.69) is 95.2 Å². The SMILES string of the molecule is CCC(O[Si](CC)(CC)CC)C(C)C1OC1CC(C)(/C=C/C=C(\C)C1OC(=O)CC(O[Si](CC)(CC)CC)CCC(C)(OC)C(OC(=O)Oc2ccc([N+](=O)[O-])cc2)/C=C/C1C)O[Si](CC)(CC)CC. The normalized spacial score (nSPS) is 26.3. The number of benzene rings is 1. The minimum Gasteiger partial charge on any atom is -0.457 e. The maximum atomic E-state index is 14.1. The monoisotopic (exact) mass is 1030 g/mol. The average molecular weight is 1030 g/mol. The van der Waals surface area contributed by atoms with E-state index >= 15 is 0 Å². The number of methoxy groups -OCH3 is 1. The van der Waals surface area contributed by atoms with E-state index in [0.717, 1.165) is 72.8 Å². The summed E-state index contributed by atoms with van der Waals surface area (Å²) in [6.45, 7) is 32.6. The van der Waals surface area contributed by atoms with Crippen LogP contribution < -0.4 is 4.74 Å². The fourth-order valence-corrected chi connectivity index (χ4v) is 19.3. The zero-order valence-electron chi connectivity index (χ0n) is 46.1. The lowest BCUT2D eigenvalue weighted by Crippen LogP contribution is -2.46. The third-order valence-corrected chi connectivity index (χ3v) is 30.4. The van der Waals surface area contributed by atoms with Crippen LogP contribution in [0.2, 0.25) is 54.4 Å². The Hall–Kier alpha value is -2.97. The Labute approximate surface area is 425 Å². The molecule has 0 amide bonds. The van der Waals surface area contributed by atoms with Gasteiger partial charge in [0.05, 0.1) is 35.3 Å². The summed E-state index contributed by atoms with van der Waals surface area (Å²) in [5, 5.41) is 11.2. The number of rotatable bonds is 27. The van der Waals surface area contributed by atoms with Gasteiger partial charge >= 0.3 is 12.1 Å². The third kappa shape index (κ3) is 16.8. The number of hydrogen-bond acceptors (Lipinski definition) is 12. The van der Waals surface area contributed by atoms with Gasteiger partial charge in [-0.15, -0.1) is 0 Å². The third-order valence-electron chi connectivity index (χ3n) is 16.3. The molecule has 0 aromatic heterocycles. The minimum absolute atomic E-state index is 0.0486. The zero-order chi connectivity index (χ0) is 52.5. The van der Waals surface area contributed by atoms with Crippen molar-refractivity contribution >= 4 is 42.8 Å². The molecule has 2 heterocycles. The van der Waals surface area contributed by atoms with Crippen molar-refractivity contribution in [1.82, 2.24) is 0 Å². The van der Waals surface area contributed by atoms with Crippen LogP contribution in [0.3, 0.4) is 0 Å². The van der Waals surface area contributed by atoms with E-state index < -0.39 is 65.5 Å². The lowest BCUT2D eigenvalue weighted by atomic mass is 9.88. The van der Waals surface area contributed by atoms with Gasteiger partial charge in [0, 0.05) is 43.6 Å². The van der Waals surface area contributed by atoms with Gasteiger partial charge in [0.2, 0.25) is 0 Å². The van der Waals surface area contributed by atoms with E-state index in [4.69, 9.17) is 37.0 Å². The van der Waals surface area contributed by atoms with Crippen molar-refractivity contribution < 1.29 is 51.5 Å². The van der Waals surface area contributed by atoms with Gasteiger partial charge in [0.15, 0.2) is 31.1 Å². The topological polar surface area (TPSA) is 154 Å². The molecule has 1 aromatic rings. The molecule has 70 heavy (non-hydrogen) atoms.